The molecule has 0 aromatic carbocycles. The molecule has 1 aliphatic carbocycles. The van der Waals surface area contributed by atoms with E-state index in [1.807, 2.05) is 0 Å². The summed E-state index contributed by atoms with van der Waals surface area (Å²) in [6.07, 6.45) is -1.02. The predicted octanol–water partition coefficient (Wildman–Crippen LogP) is 1.48. The Bertz CT molecular complexity index is 867. The van der Waals surface area contributed by atoms with E-state index in [-0.39, 0.29) is 55.9 Å². The number of carbonyl (C=O) groups is 1. The molecule has 8 nitrogen and oxygen atoms in total. The van der Waals surface area contributed by atoms with Crippen LogP contribution in [0.4, 0.5) is 23.8 Å². The fourth-order valence-electron chi connectivity index (χ4n) is 3.54. The number of nitrogens with one attached hydrogen (secondary N) is 1. The monoisotopic (exact) mass is 433 g/mol. The van der Waals surface area contributed by atoms with Gasteiger partial charge in [-0.1, -0.05) is 0 Å². The zero-order valence-corrected chi connectivity index (χ0v) is 16.5. The Kier molecular flexibility index (Phi) is 4.87. The quantitative estimate of drug-likeness (QED) is 0.773. The minimum atomic E-state index is -4.21. The molecule has 0 bridgehead atoms. The van der Waals surface area contributed by atoms with Crippen molar-refractivity contribution in [3.8, 4) is 0 Å². The zero-order valence-electron chi connectivity index (χ0n) is 15.7. The molecular weight excluding hydrogens is 411 g/mol. The van der Waals surface area contributed by atoms with Crippen LogP contribution in [0, 0.1) is 5.41 Å². The van der Waals surface area contributed by atoms with Crippen molar-refractivity contribution in [1.29, 1.82) is 0 Å². The van der Waals surface area contributed by atoms with Gasteiger partial charge in [0.25, 0.3) is 0 Å². The minimum absolute atomic E-state index is 0.00836. The third-order valence-electron chi connectivity index (χ3n) is 5.92. The first-order valence-corrected chi connectivity index (χ1v) is 11.3. The highest BCUT2D eigenvalue weighted by atomic mass is 32.2. The molecule has 0 unspecified atom stereocenters. The Labute approximate surface area is 166 Å². The summed E-state index contributed by atoms with van der Waals surface area (Å²) >= 11 is 0. The molecule has 3 heterocycles. The van der Waals surface area contributed by atoms with Crippen LogP contribution in [0.2, 0.25) is 0 Å². The SMILES string of the molecule is O=C(N1CCS(=O)(=O)CC1)N1CC(c2cnc(NCC3(C(F)(F)F)CC3)cn2)C1. The zero-order chi connectivity index (χ0) is 20.9. The Hall–Kier alpha value is -2.11. The molecule has 1 saturated carbocycles. The van der Waals surface area contributed by atoms with E-state index >= 15 is 0 Å². The number of sulfone groups is 1. The van der Waals surface area contributed by atoms with E-state index in [0.717, 1.165) is 0 Å². The van der Waals surface area contributed by atoms with Gasteiger partial charge in [0.15, 0.2) is 9.84 Å². The molecule has 2 amide bonds. The average Bonchev–Trinajstić information content (AvgIpc) is 3.41. The maximum atomic E-state index is 13.0. The maximum absolute atomic E-state index is 13.0. The van der Waals surface area contributed by atoms with Crippen LogP contribution in [0.3, 0.4) is 0 Å². The van der Waals surface area contributed by atoms with Gasteiger partial charge < -0.3 is 15.1 Å². The summed E-state index contributed by atoms with van der Waals surface area (Å²) in [5, 5.41) is 2.72. The summed E-state index contributed by atoms with van der Waals surface area (Å²) < 4.78 is 61.8. The summed E-state index contributed by atoms with van der Waals surface area (Å²) in [6.45, 7) is 1.13. The summed E-state index contributed by atoms with van der Waals surface area (Å²) in [5.41, 5.74) is -0.964. The van der Waals surface area contributed by atoms with Gasteiger partial charge in [-0.05, 0) is 12.8 Å². The van der Waals surface area contributed by atoms with E-state index < -0.39 is 21.4 Å². The Morgan fingerprint density at radius 3 is 2.31 bits per heavy atom. The number of carbonyl (C=O) groups excluding carboxylic acids is 1. The molecule has 160 valence electrons. The Morgan fingerprint density at radius 2 is 1.79 bits per heavy atom. The lowest BCUT2D eigenvalue weighted by Crippen LogP contribution is -2.56. The number of nitrogens with zero attached hydrogens (tertiary/aromatic N) is 4. The molecule has 1 N–H and O–H groups in total. The highest BCUT2D eigenvalue weighted by Gasteiger charge is 2.62. The lowest BCUT2D eigenvalue weighted by molar-refractivity contribution is -0.182. The van der Waals surface area contributed by atoms with Gasteiger partial charge in [-0.25, -0.2) is 18.2 Å². The number of aromatic nitrogens is 2. The third kappa shape index (κ3) is 4.12. The molecule has 0 spiro atoms. The molecule has 3 fully saturated rings. The van der Waals surface area contributed by atoms with E-state index in [1.54, 1.807) is 9.80 Å². The molecule has 0 atom stereocenters. The van der Waals surface area contributed by atoms with Crippen molar-refractivity contribution in [3.05, 3.63) is 18.1 Å². The second-order valence-electron chi connectivity index (χ2n) is 7.98. The first-order valence-electron chi connectivity index (χ1n) is 9.45. The fourth-order valence-corrected chi connectivity index (χ4v) is 4.74. The van der Waals surface area contributed by atoms with Gasteiger partial charge in [-0.2, -0.15) is 13.2 Å². The van der Waals surface area contributed by atoms with E-state index in [4.69, 9.17) is 0 Å². The predicted molar refractivity (Wildman–Crippen MR) is 98.2 cm³/mol. The number of rotatable bonds is 4. The second-order valence-corrected chi connectivity index (χ2v) is 10.3. The first-order chi connectivity index (χ1) is 13.6. The third-order valence-corrected chi connectivity index (χ3v) is 7.53. The number of anilines is 1. The average molecular weight is 433 g/mol. The minimum Gasteiger partial charge on any atom is -0.368 e. The van der Waals surface area contributed by atoms with Crippen molar-refractivity contribution in [2.75, 3.05) is 49.5 Å². The van der Waals surface area contributed by atoms with E-state index in [1.165, 1.54) is 12.4 Å². The van der Waals surface area contributed by atoms with Crippen LogP contribution in [0.5, 0.6) is 0 Å². The number of urea groups is 1. The van der Waals surface area contributed by atoms with Crippen LogP contribution >= 0.6 is 0 Å². The van der Waals surface area contributed by atoms with Crippen LogP contribution in [0.1, 0.15) is 24.5 Å². The number of likely N-dealkylation sites (tertiary alicyclic amines) is 1. The number of alkyl halides is 3. The molecule has 4 rings (SSSR count). The highest BCUT2D eigenvalue weighted by Crippen LogP contribution is 2.57. The van der Waals surface area contributed by atoms with Gasteiger partial charge >= 0.3 is 12.2 Å². The first kappa shape index (κ1) is 20.2. The van der Waals surface area contributed by atoms with Crippen LogP contribution in [-0.4, -0.2) is 84.6 Å². The fraction of sp³-hybridized carbons (Fsp3) is 0.706. The standard InChI is InChI=1S/C17H22F3N5O3S/c18-17(19,20)16(1-2-16)11-23-14-8-21-13(7-22-14)12-9-25(10-12)15(26)24-3-5-29(27,28)6-4-24/h7-8,12H,1-6,9-11H2,(H,22,23). The van der Waals surface area contributed by atoms with Crippen LogP contribution in [0.15, 0.2) is 12.4 Å². The van der Waals surface area contributed by atoms with Crippen molar-refractivity contribution in [1.82, 2.24) is 19.8 Å². The molecule has 29 heavy (non-hydrogen) atoms. The highest BCUT2D eigenvalue weighted by molar-refractivity contribution is 7.91. The van der Waals surface area contributed by atoms with Crippen molar-refractivity contribution >= 4 is 21.7 Å². The number of halogens is 3. The van der Waals surface area contributed by atoms with Crippen LogP contribution in [-0.2, 0) is 9.84 Å². The molecule has 1 aromatic heterocycles. The smallest absolute Gasteiger partial charge is 0.368 e. The molecule has 12 heteroatoms. The molecule has 0 radical (unpaired) electrons. The van der Waals surface area contributed by atoms with Crippen molar-refractivity contribution in [3.63, 3.8) is 0 Å². The van der Waals surface area contributed by atoms with E-state index in [0.29, 0.717) is 24.6 Å². The Balaban J connectivity index is 1.25. The van der Waals surface area contributed by atoms with Crippen molar-refractivity contribution in [2.45, 2.75) is 24.9 Å². The summed E-state index contributed by atoms with van der Waals surface area (Å²) in [6, 6.07) is -0.177. The van der Waals surface area contributed by atoms with Gasteiger partial charge in [0.2, 0.25) is 0 Å². The number of hydrogen-bond acceptors (Lipinski definition) is 6. The molecular formula is C17H22F3N5O3S. The molecule has 2 saturated heterocycles. The van der Waals surface area contributed by atoms with E-state index in [2.05, 4.69) is 15.3 Å². The Morgan fingerprint density at radius 1 is 1.14 bits per heavy atom. The van der Waals surface area contributed by atoms with Gasteiger partial charge in [-0.3, -0.25) is 4.98 Å². The number of amides is 2. The lowest BCUT2D eigenvalue weighted by Gasteiger charge is -2.42. The van der Waals surface area contributed by atoms with Gasteiger partial charge in [0, 0.05) is 38.6 Å². The lowest BCUT2D eigenvalue weighted by atomic mass is 9.97. The molecule has 1 aromatic rings. The van der Waals surface area contributed by atoms with Crippen LogP contribution < -0.4 is 5.32 Å². The molecule has 3 aliphatic rings. The second kappa shape index (κ2) is 6.99. The van der Waals surface area contributed by atoms with Crippen molar-refractivity contribution in [2.24, 2.45) is 5.41 Å². The molecule has 2 aliphatic heterocycles. The summed E-state index contributed by atoms with van der Waals surface area (Å²) in [5.74, 6) is 0.293. The summed E-state index contributed by atoms with van der Waals surface area (Å²) in [7, 11) is -3.04. The normalized spacial score (nSPS) is 23.4. The van der Waals surface area contributed by atoms with Crippen LogP contribution in [0.25, 0.3) is 0 Å². The topological polar surface area (TPSA) is 95.5 Å². The van der Waals surface area contributed by atoms with E-state index in [9.17, 15) is 26.4 Å². The van der Waals surface area contributed by atoms with Crippen molar-refractivity contribution < 1.29 is 26.4 Å². The largest absolute Gasteiger partial charge is 0.396 e. The van der Waals surface area contributed by atoms with Gasteiger partial charge in [-0.15, -0.1) is 0 Å². The van der Waals surface area contributed by atoms with Gasteiger partial charge in [0.05, 0.1) is 35.0 Å². The number of hydrogen-bond donors (Lipinski definition) is 1. The maximum Gasteiger partial charge on any atom is 0.396 e. The summed E-state index contributed by atoms with van der Waals surface area (Å²) in [4.78, 5) is 24.0. The van der Waals surface area contributed by atoms with Gasteiger partial charge in [0.1, 0.15) is 5.82 Å².